The molecule has 0 N–H and O–H groups in total. The second-order valence-electron chi connectivity index (χ2n) is 4.18. The van der Waals surface area contributed by atoms with Gasteiger partial charge in [-0.1, -0.05) is 13.0 Å². The summed E-state index contributed by atoms with van der Waals surface area (Å²) in [5.41, 5.74) is 2.18. The molecule has 0 aliphatic carbocycles. The Labute approximate surface area is 106 Å². The molecule has 2 nitrogen and oxygen atoms in total. The quantitative estimate of drug-likeness (QED) is 0.757. The Morgan fingerprint density at radius 2 is 2.38 bits per heavy atom. The third-order valence-corrected chi connectivity index (χ3v) is 4.31. The van der Waals surface area contributed by atoms with Crippen molar-refractivity contribution in [3.8, 4) is 0 Å². The first-order valence-electron chi connectivity index (χ1n) is 5.59. The molecule has 0 amide bonds. The van der Waals surface area contributed by atoms with Crippen LogP contribution in [-0.2, 0) is 5.88 Å². The SMILES string of the molecule is Cc1nc(N2CCSC(C)C2)ccc1CCl. The highest BCUT2D eigenvalue weighted by Gasteiger charge is 2.18. The van der Waals surface area contributed by atoms with Gasteiger partial charge in [-0.2, -0.15) is 11.8 Å². The maximum Gasteiger partial charge on any atom is 0.128 e. The molecular formula is C12H17ClN2S. The van der Waals surface area contributed by atoms with Crippen LogP contribution in [-0.4, -0.2) is 29.1 Å². The number of halogens is 1. The molecule has 1 aromatic rings. The van der Waals surface area contributed by atoms with Crippen LogP contribution in [0.2, 0.25) is 0 Å². The van der Waals surface area contributed by atoms with Gasteiger partial charge in [0.1, 0.15) is 5.82 Å². The molecular weight excluding hydrogens is 240 g/mol. The lowest BCUT2D eigenvalue weighted by Crippen LogP contribution is -2.37. The number of rotatable bonds is 2. The van der Waals surface area contributed by atoms with Crippen molar-refractivity contribution < 1.29 is 0 Å². The first-order chi connectivity index (χ1) is 7.70. The van der Waals surface area contributed by atoms with Gasteiger partial charge in [0.05, 0.1) is 0 Å². The van der Waals surface area contributed by atoms with E-state index in [1.807, 2.05) is 18.7 Å². The summed E-state index contributed by atoms with van der Waals surface area (Å²) in [5, 5.41) is 0.698. The summed E-state index contributed by atoms with van der Waals surface area (Å²) in [6.45, 7) is 6.50. The third kappa shape index (κ3) is 2.64. The summed E-state index contributed by atoms with van der Waals surface area (Å²) in [6, 6.07) is 4.19. The summed E-state index contributed by atoms with van der Waals surface area (Å²) in [4.78, 5) is 7.00. The fourth-order valence-electron chi connectivity index (χ4n) is 1.92. The van der Waals surface area contributed by atoms with Crippen LogP contribution in [0.25, 0.3) is 0 Å². The van der Waals surface area contributed by atoms with E-state index in [9.17, 15) is 0 Å². The van der Waals surface area contributed by atoms with Crippen LogP contribution in [0.4, 0.5) is 5.82 Å². The van der Waals surface area contributed by atoms with E-state index in [2.05, 4.69) is 28.9 Å². The molecule has 88 valence electrons. The highest BCUT2D eigenvalue weighted by molar-refractivity contribution is 8.00. The van der Waals surface area contributed by atoms with Crippen molar-refractivity contribution in [2.75, 3.05) is 23.7 Å². The van der Waals surface area contributed by atoms with Crippen LogP contribution in [0.5, 0.6) is 0 Å². The van der Waals surface area contributed by atoms with E-state index >= 15 is 0 Å². The first kappa shape index (κ1) is 12.1. The van der Waals surface area contributed by atoms with Crippen LogP contribution in [0.1, 0.15) is 18.2 Å². The minimum atomic E-state index is 0.547. The van der Waals surface area contributed by atoms with Crippen molar-refractivity contribution in [3.05, 3.63) is 23.4 Å². The molecule has 1 fully saturated rings. The summed E-state index contributed by atoms with van der Waals surface area (Å²) in [5.74, 6) is 2.84. The van der Waals surface area contributed by atoms with Gasteiger partial charge in [-0.3, -0.25) is 0 Å². The molecule has 2 heterocycles. The molecule has 0 radical (unpaired) electrons. The second-order valence-corrected chi connectivity index (χ2v) is 5.99. The van der Waals surface area contributed by atoms with Crippen molar-refractivity contribution >= 4 is 29.2 Å². The minimum absolute atomic E-state index is 0.547. The fraction of sp³-hybridized carbons (Fsp3) is 0.583. The standard InChI is InChI=1S/C12H17ClN2S/c1-9-8-15(5-6-16-9)12-4-3-11(7-13)10(2)14-12/h3-4,9H,5-8H2,1-2H3. The van der Waals surface area contributed by atoms with Crippen LogP contribution in [0.3, 0.4) is 0 Å². The van der Waals surface area contributed by atoms with Gasteiger partial charge in [-0.25, -0.2) is 4.98 Å². The highest BCUT2D eigenvalue weighted by Crippen LogP contribution is 2.23. The normalized spacial score (nSPS) is 21.2. The Morgan fingerprint density at radius 3 is 3.00 bits per heavy atom. The van der Waals surface area contributed by atoms with Gasteiger partial charge in [-0.15, -0.1) is 11.6 Å². The lowest BCUT2D eigenvalue weighted by atomic mass is 10.2. The zero-order chi connectivity index (χ0) is 11.5. The monoisotopic (exact) mass is 256 g/mol. The summed E-state index contributed by atoms with van der Waals surface area (Å²) < 4.78 is 0. The molecule has 4 heteroatoms. The molecule has 16 heavy (non-hydrogen) atoms. The molecule has 1 unspecified atom stereocenters. The molecule has 0 bridgehead atoms. The van der Waals surface area contributed by atoms with Crippen molar-refractivity contribution in [1.29, 1.82) is 0 Å². The van der Waals surface area contributed by atoms with Crippen LogP contribution in [0, 0.1) is 6.92 Å². The number of hydrogen-bond acceptors (Lipinski definition) is 3. The predicted molar refractivity (Wildman–Crippen MR) is 72.7 cm³/mol. The van der Waals surface area contributed by atoms with E-state index in [0.717, 1.165) is 30.2 Å². The number of hydrogen-bond donors (Lipinski definition) is 0. The van der Waals surface area contributed by atoms with E-state index in [0.29, 0.717) is 11.1 Å². The van der Waals surface area contributed by atoms with Crippen LogP contribution < -0.4 is 4.90 Å². The minimum Gasteiger partial charge on any atom is -0.355 e. The van der Waals surface area contributed by atoms with Crippen LogP contribution >= 0.6 is 23.4 Å². The topological polar surface area (TPSA) is 16.1 Å². The Hall–Kier alpha value is -0.410. The Morgan fingerprint density at radius 1 is 1.56 bits per heavy atom. The number of aromatic nitrogens is 1. The summed E-state index contributed by atoms with van der Waals surface area (Å²) in [7, 11) is 0. The molecule has 1 atom stereocenters. The number of thioether (sulfide) groups is 1. The number of alkyl halides is 1. The smallest absolute Gasteiger partial charge is 0.128 e. The highest BCUT2D eigenvalue weighted by atomic mass is 35.5. The molecule has 0 saturated carbocycles. The summed E-state index contributed by atoms with van der Waals surface area (Å²) in [6.07, 6.45) is 0. The number of anilines is 1. The van der Waals surface area contributed by atoms with E-state index in [1.165, 1.54) is 5.75 Å². The van der Waals surface area contributed by atoms with E-state index in [-0.39, 0.29) is 0 Å². The molecule has 1 aliphatic rings. The fourth-order valence-corrected chi connectivity index (χ4v) is 3.22. The van der Waals surface area contributed by atoms with Gasteiger partial charge in [0.15, 0.2) is 0 Å². The van der Waals surface area contributed by atoms with E-state index < -0.39 is 0 Å². The molecule has 0 spiro atoms. The largest absolute Gasteiger partial charge is 0.355 e. The average molecular weight is 257 g/mol. The van der Waals surface area contributed by atoms with Gasteiger partial charge in [0.25, 0.3) is 0 Å². The molecule has 1 saturated heterocycles. The molecule has 1 aromatic heterocycles. The zero-order valence-electron chi connectivity index (χ0n) is 9.74. The Kier molecular flexibility index (Phi) is 3.98. The summed E-state index contributed by atoms with van der Waals surface area (Å²) >= 11 is 7.87. The predicted octanol–water partition coefficient (Wildman–Crippen LogP) is 3.07. The van der Waals surface area contributed by atoms with Gasteiger partial charge >= 0.3 is 0 Å². The zero-order valence-corrected chi connectivity index (χ0v) is 11.3. The van der Waals surface area contributed by atoms with Crippen molar-refractivity contribution in [2.24, 2.45) is 0 Å². The third-order valence-electron chi connectivity index (χ3n) is 2.89. The van der Waals surface area contributed by atoms with Gasteiger partial charge in [-0.05, 0) is 18.6 Å². The van der Waals surface area contributed by atoms with Crippen molar-refractivity contribution in [1.82, 2.24) is 4.98 Å². The number of pyridine rings is 1. The molecule has 2 rings (SSSR count). The van der Waals surface area contributed by atoms with Crippen molar-refractivity contribution in [3.63, 3.8) is 0 Å². The first-order valence-corrected chi connectivity index (χ1v) is 7.18. The van der Waals surface area contributed by atoms with E-state index in [1.54, 1.807) is 0 Å². The molecule has 0 aromatic carbocycles. The van der Waals surface area contributed by atoms with Gasteiger partial charge in [0.2, 0.25) is 0 Å². The maximum atomic E-state index is 5.84. The average Bonchev–Trinajstić information content (AvgIpc) is 2.29. The maximum absolute atomic E-state index is 5.84. The number of nitrogens with zero attached hydrogens (tertiary/aromatic N) is 2. The Bertz CT molecular complexity index is 370. The lowest BCUT2D eigenvalue weighted by molar-refractivity contribution is 0.767. The van der Waals surface area contributed by atoms with Gasteiger partial charge in [0, 0.05) is 35.7 Å². The Balaban J connectivity index is 2.17. The van der Waals surface area contributed by atoms with Crippen molar-refractivity contribution in [2.45, 2.75) is 25.0 Å². The second kappa shape index (κ2) is 5.28. The van der Waals surface area contributed by atoms with Crippen LogP contribution in [0.15, 0.2) is 12.1 Å². The number of aryl methyl sites for hydroxylation is 1. The van der Waals surface area contributed by atoms with Gasteiger partial charge < -0.3 is 4.90 Å². The van der Waals surface area contributed by atoms with E-state index in [4.69, 9.17) is 11.6 Å². The lowest BCUT2D eigenvalue weighted by Gasteiger charge is -2.31. The molecule has 1 aliphatic heterocycles.